The average molecular weight is 312 g/mol. The Kier molecular flexibility index (Phi) is 5.56. The van der Waals surface area contributed by atoms with Gasteiger partial charge in [0, 0.05) is 13.1 Å². The van der Waals surface area contributed by atoms with Gasteiger partial charge in [-0.1, -0.05) is 36.4 Å². The van der Waals surface area contributed by atoms with Crippen LogP contribution in [0.5, 0.6) is 0 Å². The van der Waals surface area contributed by atoms with E-state index in [4.69, 9.17) is 12.2 Å². The van der Waals surface area contributed by atoms with Crippen molar-refractivity contribution in [1.29, 1.82) is 0 Å². The minimum absolute atomic E-state index is 0.691. The second-order valence-corrected chi connectivity index (χ2v) is 6.28. The van der Waals surface area contributed by atoms with E-state index in [0.717, 1.165) is 13.1 Å². The molecule has 0 saturated heterocycles. The standard InChI is InChI=1S/C19H24N2S/c1-13-5-7-17(9-15(13)3)11-20-19(22)21-12-18-8-6-14(2)16(4)10-18/h5-10H,11-12H2,1-4H3,(H2,20,21,22). The van der Waals surface area contributed by atoms with Gasteiger partial charge in [0.1, 0.15) is 0 Å². The van der Waals surface area contributed by atoms with Crippen LogP contribution >= 0.6 is 12.2 Å². The molecule has 2 aromatic rings. The van der Waals surface area contributed by atoms with Gasteiger partial charge >= 0.3 is 0 Å². The molecule has 0 heterocycles. The zero-order valence-electron chi connectivity index (χ0n) is 13.8. The molecular formula is C19H24N2S. The monoisotopic (exact) mass is 312 g/mol. The Balaban J connectivity index is 1.82. The summed E-state index contributed by atoms with van der Waals surface area (Å²) in [6, 6.07) is 13.0. The molecule has 0 aliphatic heterocycles. The fourth-order valence-electron chi connectivity index (χ4n) is 2.25. The first-order chi connectivity index (χ1) is 10.5. The highest BCUT2D eigenvalue weighted by Gasteiger charge is 2.00. The second-order valence-electron chi connectivity index (χ2n) is 5.87. The maximum Gasteiger partial charge on any atom is 0.166 e. The van der Waals surface area contributed by atoms with Gasteiger partial charge in [-0.15, -0.1) is 0 Å². The largest absolute Gasteiger partial charge is 0.359 e. The molecule has 2 rings (SSSR count). The lowest BCUT2D eigenvalue weighted by molar-refractivity contribution is 0.831. The van der Waals surface area contributed by atoms with Gasteiger partial charge in [-0.25, -0.2) is 0 Å². The molecule has 0 bridgehead atoms. The van der Waals surface area contributed by atoms with E-state index in [2.05, 4.69) is 74.7 Å². The minimum Gasteiger partial charge on any atom is -0.359 e. The maximum atomic E-state index is 5.35. The van der Waals surface area contributed by atoms with E-state index in [0.29, 0.717) is 5.11 Å². The van der Waals surface area contributed by atoms with Gasteiger partial charge in [-0.2, -0.15) is 0 Å². The molecule has 0 atom stereocenters. The number of hydrogen-bond acceptors (Lipinski definition) is 1. The molecule has 116 valence electrons. The number of aryl methyl sites for hydroxylation is 4. The predicted octanol–water partition coefficient (Wildman–Crippen LogP) is 4.08. The van der Waals surface area contributed by atoms with E-state index in [-0.39, 0.29) is 0 Å². The first-order valence-corrected chi connectivity index (χ1v) is 8.00. The van der Waals surface area contributed by atoms with Crippen molar-refractivity contribution < 1.29 is 0 Å². The lowest BCUT2D eigenvalue weighted by atomic mass is 10.1. The summed E-state index contributed by atoms with van der Waals surface area (Å²) in [4.78, 5) is 0. The Morgan fingerprint density at radius 1 is 0.727 bits per heavy atom. The van der Waals surface area contributed by atoms with Crippen molar-refractivity contribution in [1.82, 2.24) is 10.6 Å². The Labute approximate surface area is 139 Å². The van der Waals surface area contributed by atoms with Gasteiger partial charge in [0.05, 0.1) is 0 Å². The molecule has 3 heteroatoms. The fraction of sp³-hybridized carbons (Fsp3) is 0.316. The molecule has 0 aromatic heterocycles. The third-order valence-corrected chi connectivity index (χ3v) is 4.34. The van der Waals surface area contributed by atoms with Gasteiger partial charge in [-0.3, -0.25) is 0 Å². The van der Waals surface area contributed by atoms with Gasteiger partial charge in [-0.05, 0) is 73.3 Å². The molecule has 22 heavy (non-hydrogen) atoms. The van der Waals surface area contributed by atoms with Gasteiger partial charge < -0.3 is 10.6 Å². The molecule has 0 saturated carbocycles. The summed E-state index contributed by atoms with van der Waals surface area (Å²) in [5.74, 6) is 0. The summed E-state index contributed by atoms with van der Waals surface area (Å²) in [5.41, 5.74) is 7.76. The molecule has 0 radical (unpaired) electrons. The number of nitrogens with one attached hydrogen (secondary N) is 2. The molecule has 2 nitrogen and oxygen atoms in total. The van der Waals surface area contributed by atoms with Gasteiger partial charge in [0.2, 0.25) is 0 Å². The van der Waals surface area contributed by atoms with E-state index in [1.54, 1.807) is 0 Å². The van der Waals surface area contributed by atoms with Crippen LogP contribution in [0.3, 0.4) is 0 Å². The number of benzene rings is 2. The van der Waals surface area contributed by atoms with E-state index in [1.165, 1.54) is 33.4 Å². The third kappa shape index (κ3) is 4.57. The first-order valence-electron chi connectivity index (χ1n) is 7.59. The van der Waals surface area contributed by atoms with Crippen molar-refractivity contribution >= 4 is 17.3 Å². The van der Waals surface area contributed by atoms with Gasteiger partial charge in [0.25, 0.3) is 0 Å². The lowest BCUT2D eigenvalue weighted by Crippen LogP contribution is -2.34. The van der Waals surface area contributed by atoms with E-state index in [1.807, 2.05) is 0 Å². The minimum atomic E-state index is 0.691. The van der Waals surface area contributed by atoms with Crippen LogP contribution in [0.25, 0.3) is 0 Å². The number of thiocarbonyl (C=S) groups is 1. The molecule has 0 aliphatic rings. The van der Waals surface area contributed by atoms with Crippen molar-refractivity contribution in [3.05, 3.63) is 69.8 Å². The van der Waals surface area contributed by atoms with Crippen molar-refractivity contribution in [3.63, 3.8) is 0 Å². The average Bonchev–Trinajstić information content (AvgIpc) is 2.49. The highest BCUT2D eigenvalue weighted by atomic mass is 32.1. The fourth-order valence-corrected chi connectivity index (χ4v) is 2.40. The van der Waals surface area contributed by atoms with E-state index >= 15 is 0 Å². The highest BCUT2D eigenvalue weighted by Crippen LogP contribution is 2.10. The zero-order valence-corrected chi connectivity index (χ0v) is 14.6. The Morgan fingerprint density at radius 2 is 1.14 bits per heavy atom. The lowest BCUT2D eigenvalue weighted by Gasteiger charge is -2.12. The summed E-state index contributed by atoms with van der Waals surface area (Å²) >= 11 is 5.35. The van der Waals surface area contributed by atoms with E-state index in [9.17, 15) is 0 Å². The predicted molar refractivity (Wildman–Crippen MR) is 98.1 cm³/mol. The topological polar surface area (TPSA) is 24.1 Å². The smallest absolute Gasteiger partial charge is 0.166 e. The van der Waals surface area contributed by atoms with Crippen LogP contribution in [0.15, 0.2) is 36.4 Å². The Morgan fingerprint density at radius 3 is 1.50 bits per heavy atom. The van der Waals surface area contributed by atoms with Crippen LogP contribution in [0.2, 0.25) is 0 Å². The van der Waals surface area contributed by atoms with Crippen molar-refractivity contribution in [3.8, 4) is 0 Å². The highest BCUT2D eigenvalue weighted by molar-refractivity contribution is 7.80. The SMILES string of the molecule is Cc1ccc(CNC(=S)NCc2ccc(C)c(C)c2)cc1C. The van der Waals surface area contributed by atoms with Crippen LogP contribution in [-0.4, -0.2) is 5.11 Å². The van der Waals surface area contributed by atoms with Crippen molar-refractivity contribution in [2.24, 2.45) is 0 Å². The first kappa shape index (κ1) is 16.5. The van der Waals surface area contributed by atoms with E-state index < -0.39 is 0 Å². The number of rotatable bonds is 4. The molecule has 2 aromatic carbocycles. The van der Waals surface area contributed by atoms with Crippen molar-refractivity contribution in [2.45, 2.75) is 40.8 Å². The summed E-state index contributed by atoms with van der Waals surface area (Å²) in [7, 11) is 0. The molecule has 0 spiro atoms. The third-order valence-electron chi connectivity index (χ3n) is 4.05. The molecule has 0 fully saturated rings. The summed E-state index contributed by atoms with van der Waals surface area (Å²) in [6.45, 7) is 10.0. The van der Waals surface area contributed by atoms with Crippen LogP contribution in [-0.2, 0) is 13.1 Å². The molecule has 0 amide bonds. The molecule has 0 aliphatic carbocycles. The molecule has 0 unspecified atom stereocenters. The summed E-state index contributed by atoms with van der Waals surface area (Å²) < 4.78 is 0. The Hall–Kier alpha value is -1.87. The second kappa shape index (κ2) is 7.41. The summed E-state index contributed by atoms with van der Waals surface area (Å²) in [6.07, 6.45) is 0. The Bertz CT molecular complexity index is 620. The summed E-state index contributed by atoms with van der Waals surface area (Å²) in [5, 5.41) is 7.22. The molecule has 2 N–H and O–H groups in total. The van der Waals surface area contributed by atoms with Crippen LogP contribution in [0, 0.1) is 27.7 Å². The van der Waals surface area contributed by atoms with Crippen LogP contribution < -0.4 is 10.6 Å². The quantitative estimate of drug-likeness (QED) is 0.832. The van der Waals surface area contributed by atoms with Crippen LogP contribution in [0.4, 0.5) is 0 Å². The normalized spacial score (nSPS) is 10.4. The zero-order chi connectivity index (χ0) is 16.1. The van der Waals surface area contributed by atoms with Crippen molar-refractivity contribution in [2.75, 3.05) is 0 Å². The van der Waals surface area contributed by atoms with Crippen LogP contribution in [0.1, 0.15) is 33.4 Å². The number of hydrogen-bond donors (Lipinski definition) is 2. The van der Waals surface area contributed by atoms with Gasteiger partial charge in [0.15, 0.2) is 5.11 Å². The maximum absolute atomic E-state index is 5.35. The molecular weight excluding hydrogens is 288 g/mol.